The van der Waals surface area contributed by atoms with Crippen LogP contribution >= 0.6 is 0 Å². The summed E-state index contributed by atoms with van der Waals surface area (Å²) in [6, 6.07) is 13.2. The average Bonchev–Trinajstić information content (AvgIpc) is 3.52. The van der Waals surface area contributed by atoms with Gasteiger partial charge in [0.2, 0.25) is 0 Å². The number of hydrogen-bond acceptors (Lipinski definition) is 9. The molecule has 4 heterocycles. The summed E-state index contributed by atoms with van der Waals surface area (Å²) >= 11 is 0. The average molecular weight is 690 g/mol. The Labute approximate surface area is 291 Å². The summed E-state index contributed by atoms with van der Waals surface area (Å²) in [6.07, 6.45) is 1.18. The molecule has 1 aromatic heterocycles. The number of rotatable bonds is 9. The lowest BCUT2D eigenvalue weighted by Crippen LogP contribution is -2.55. The highest BCUT2D eigenvalue weighted by molar-refractivity contribution is 5.84. The van der Waals surface area contributed by atoms with E-state index < -0.39 is 18.2 Å². The summed E-state index contributed by atoms with van der Waals surface area (Å²) < 4.78 is 7.48. The zero-order valence-electron chi connectivity index (χ0n) is 28.8. The van der Waals surface area contributed by atoms with Crippen molar-refractivity contribution in [3.63, 3.8) is 0 Å². The number of carbonyl (C=O) groups is 3. The van der Waals surface area contributed by atoms with Crippen LogP contribution in [0.5, 0.6) is 5.75 Å². The number of H-pyrrole nitrogens is 1. The first-order valence-corrected chi connectivity index (χ1v) is 17.5. The molecule has 6 rings (SSSR count). The van der Waals surface area contributed by atoms with Crippen molar-refractivity contribution in [1.29, 1.82) is 0 Å². The lowest BCUT2D eigenvalue weighted by Gasteiger charge is -2.43. The van der Waals surface area contributed by atoms with Crippen molar-refractivity contribution >= 4 is 18.0 Å². The first-order chi connectivity index (χ1) is 24.0. The summed E-state index contributed by atoms with van der Waals surface area (Å²) in [5.41, 5.74) is 2.70. The van der Waals surface area contributed by atoms with Crippen LogP contribution in [0.25, 0.3) is 11.4 Å². The number of carboxylic acids is 1. The van der Waals surface area contributed by atoms with E-state index in [1.807, 2.05) is 47.4 Å². The fraction of sp³-hybridized carbons (Fsp3) is 0.528. The van der Waals surface area contributed by atoms with Gasteiger partial charge in [-0.25, -0.2) is 14.3 Å². The van der Waals surface area contributed by atoms with Crippen LogP contribution in [0.2, 0.25) is 0 Å². The van der Waals surface area contributed by atoms with Crippen LogP contribution in [-0.4, -0.2) is 134 Å². The summed E-state index contributed by atoms with van der Waals surface area (Å²) in [6.45, 7) is 8.45. The molecule has 0 spiro atoms. The van der Waals surface area contributed by atoms with Gasteiger partial charge in [0.1, 0.15) is 5.75 Å². The second-order valence-electron chi connectivity index (χ2n) is 13.7. The summed E-state index contributed by atoms with van der Waals surface area (Å²) in [5.74, 6) is -0.348. The number of aryl methyl sites for hydroxylation is 2. The molecule has 3 saturated heterocycles. The highest BCUT2D eigenvalue weighted by Gasteiger charge is 2.36. The zero-order valence-corrected chi connectivity index (χ0v) is 28.8. The lowest BCUT2D eigenvalue weighted by atomic mass is 9.98. The maximum absolute atomic E-state index is 14.0. The van der Waals surface area contributed by atoms with Crippen molar-refractivity contribution in [1.82, 2.24) is 34.4 Å². The van der Waals surface area contributed by atoms with Crippen molar-refractivity contribution in [2.75, 3.05) is 58.9 Å². The van der Waals surface area contributed by atoms with Gasteiger partial charge in [0.15, 0.2) is 11.9 Å². The number of carbonyl (C=O) groups excluding carboxylic acids is 2. The van der Waals surface area contributed by atoms with E-state index in [2.05, 4.69) is 15.0 Å². The van der Waals surface area contributed by atoms with Crippen molar-refractivity contribution in [3.8, 4) is 17.1 Å². The molecule has 50 heavy (non-hydrogen) atoms. The molecule has 3 aliphatic rings. The van der Waals surface area contributed by atoms with Gasteiger partial charge in [0.25, 0.3) is 5.91 Å². The molecule has 3 aromatic rings. The smallest absolute Gasteiger partial charge is 0.410 e. The van der Waals surface area contributed by atoms with Crippen LogP contribution in [-0.2, 0) is 20.7 Å². The van der Waals surface area contributed by atoms with Crippen molar-refractivity contribution in [2.24, 2.45) is 0 Å². The molecule has 3 aliphatic heterocycles. The molecule has 14 heteroatoms. The largest absolute Gasteiger partial charge is 0.507 e. The van der Waals surface area contributed by atoms with Crippen LogP contribution in [0.1, 0.15) is 48.4 Å². The first kappa shape index (κ1) is 35.1. The first-order valence-electron chi connectivity index (χ1n) is 17.5. The minimum absolute atomic E-state index is 0.0543. The van der Waals surface area contributed by atoms with Gasteiger partial charge in [-0.15, -0.1) is 5.10 Å². The van der Waals surface area contributed by atoms with Gasteiger partial charge in [-0.2, -0.15) is 0 Å². The fourth-order valence-corrected chi connectivity index (χ4v) is 7.49. The molecule has 0 saturated carbocycles. The molecule has 0 radical (unpaired) electrons. The number of amides is 2. The minimum Gasteiger partial charge on any atom is -0.507 e. The van der Waals surface area contributed by atoms with E-state index >= 15 is 0 Å². The highest BCUT2D eigenvalue weighted by atomic mass is 16.6. The number of piperazine rings is 1. The van der Waals surface area contributed by atoms with Gasteiger partial charge in [-0.1, -0.05) is 42.5 Å². The Morgan fingerprint density at radius 1 is 0.880 bits per heavy atom. The maximum atomic E-state index is 14.0. The quantitative estimate of drug-likeness (QED) is 0.304. The Morgan fingerprint density at radius 3 is 2.10 bits per heavy atom. The second kappa shape index (κ2) is 15.5. The predicted octanol–water partition coefficient (Wildman–Crippen LogP) is 2.64. The van der Waals surface area contributed by atoms with Gasteiger partial charge in [0.05, 0.1) is 12.6 Å². The van der Waals surface area contributed by atoms with E-state index in [-0.39, 0.29) is 36.4 Å². The number of phenolic OH excluding ortho intramolecular Hbond substituents is 1. The Morgan fingerprint density at radius 2 is 1.48 bits per heavy atom. The normalized spacial score (nSPS) is 19.0. The van der Waals surface area contributed by atoms with Gasteiger partial charge >= 0.3 is 17.8 Å². The standard InChI is InChI=1S/C36H47N7O7/c1-24-20-26(21-25(2)32(24)46)22-30(34(47)41-12-8-28(9-13-41)40-18-16-39(17-19-40)23-31(44)45)50-36(49)42-14-10-29(11-15-42)43-35(48)37-33(38-43)27-6-4-3-5-7-27/h3-7,20-21,28-30,46H,8-19,22-23H2,1-2H3,(H,44,45)(H,37,38,48). The monoisotopic (exact) mass is 689 g/mol. The molecule has 14 nitrogen and oxygen atoms in total. The van der Waals surface area contributed by atoms with E-state index in [1.54, 1.807) is 23.6 Å². The number of hydrogen-bond donors (Lipinski definition) is 3. The third kappa shape index (κ3) is 8.19. The molecule has 1 unspecified atom stereocenters. The van der Waals surface area contributed by atoms with E-state index in [9.17, 15) is 24.3 Å². The topological polar surface area (TPSA) is 165 Å². The number of aromatic hydroxyl groups is 1. The predicted molar refractivity (Wildman–Crippen MR) is 185 cm³/mol. The van der Waals surface area contributed by atoms with Crippen LogP contribution in [0.15, 0.2) is 47.3 Å². The number of piperidine rings is 2. The minimum atomic E-state index is -1.04. The molecule has 0 aliphatic carbocycles. The Bertz CT molecular complexity index is 1690. The number of aromatic amines is 1. The maximum Gasteiger partial charge on any atom is 0.410 e. The molecular weight excluding hydrogens is 642 g/mol. The van der Waals surface area contributed by atoms with Crippen LogP contribution in [0, 0.1) is 13.8 Å². The Kier molecular flexibility index (Phi) is 10.9. The van der Waals surface area contributed by atoms with Crippen molar-refractivity contribution < 1.29 is 29.3 Å². The Balaban J connectivity index is 1.08. The molecule has 268 valence electrons. The van der Waals surface area contributed by atoms with Gasteiger partial charge in [0, 0.05) is 70.4 Å². The number of phenols is 1. The van der Waals surface area contributed by atoms with E-state index in [1.165, 1.54) is 4.68 Å². The van der Waals surface area contributed by atoms with Crippen LogP contribution < -0.4 is 5.69 Å². The van der Waals surface area contributed by atoms with E-state index in [0.717, 1.165) is 37.1 Å². The van der Waals surface area contributed by atoms with Crippen LogP contribution in [0.4, 0.5) is 4.79 Å². The number of aromatic nitrogens is 3. The molecule has 2 amide bonds. The van der Waals surface area contributed by atoms with Gasteiger partial charge < -0.3 is 24.7 Å². The van der Waals surface area contributed by atoms with E-state index in [0.29, 0.717) is 75.1 Å². The number of carboxylic acid groups (broad SMARTS) is 1. The number of benzene rings is 2. The summed E-state index contributed by atoms with van der Waals surface area (Å²) in [5, 5.41) is 24.0. The number of ether oxygens (including phenoxy) is 1. The number of aliphatic carboxylic acids is 1. The molecule has 0 bridgehead atoms. The second-order valence-corrected chi connectivity index (χ2v) is 13.7. The number of nitrogens with one attached hydrogen (secondary N) is 1. The van der Waals surface area contributed by atoms with Crippen LogP contribution in [0.3, 0.4) is 0 Å². The van der Waals surface area contributed by atoms with Gasteiger partial charge in [-0.3, -0.25) is 24.4 Å². The summed E-state index contributed by atoms with van der Waals surface area (Å²) in [7, 11) is 0. The van der Waals surface area contributed by atoms with Crippen molar-refractivity contribution in [3.05, 3.63) is 69.6 Å². The molecule has 3 fully saturated rings. The fourth-order valence-electron chi connectivity index (χ4n) is 7.49. The highest BCUT2D eigenvalue weighted by Crippen LogP contribution is 2.27. The van der Waals surface area contributed by atoms with Crippen molar-refractivity contribution in [2.45, 2.75) is 64.1 Å². The van der Waals surface area contributed by atoms with E-state index in [4.69, 9.17) is 9.84 Å². The lowest BCUT2D eigenvalue weighted by molar-refractivity contribution is -0.142. The molecular formula is C36H47N7O7. The Hall–Kier alpha value is -4.69. The SMILES string of the molecule is Cc1cc(CC(OC(=O)N2CCC(n3nc(-c4ccccc4)[nH]c3=O)CC2)C(=O)N2CCC(N3CCN(CC(=O)O)CC3)CC2)cc(C)c1O. The number of nitrogens with zero attached hydrogens (tertiary/aromatic N) is 6. The van der Waals surface area contributed by atoms with Gasteiger partial charge in [-0.05, 0) is 56.2 Å². The summed E-state index contributed by atoms with van der Waals surface area (Å²) in [4.78, 5) is 62.0. The number of likely N-dealkylation sites (tertiary alicyclic amines) is 2. The molecule has 3 N–H and O–H groups in total. The molecule has 2 aromatic carbocycles. The third-order valence-corrected chi connectivity index (χ3v) is 10.3. The zero-order chi connectivity index (χ0) is 35.4. The third-order valence-electron chi connectivity index (χ3n) is 10.3. The molecule has 1 atom stereocenters.